The first-order valence-corrected chi connectivity index (χ1v) is 11.8. The van der Waals surface area contributed by atoms with E-state index < -0.39 is 0 Å². The first-order chi connectivity index (χ1) is 15.7. The van der Waals surface area contributed by atoms with Gasteiger partial charge in [-0.15, -0.1) is 0 Å². The Labute approximate surface area is 190 Å². The molecule has 166 valence electrons. The third-order valence-electron chi connectivity index (χ3n) is 6.67. The standard InChI is InChI=1S/C27H31N3O2/c31-26(19-21-8-10-22(11-9-21)20-29-15-1-2-16-29)30-17-12-24(13-18-30)32-25-7-3-5-23-6-4-14-28-27(23)25/h3-11,14,24H,1-2,12-13,15-20H2. The number of benzene rings is 2. The first-order valence-electron chi connectivity index (χ1n) is 11.8. The summed E-state index contributed by atoms with van der Waals surface area (Å²) in [5.74, 6) is 1.05. The largest absolute Gasteiger partial charge is 0.488 e. The molecule has 5 heteroatoms. The highest BCUT2D eigenvalue weighted by atomic mass is 16.5. The number of likely N-dealkylation sites (tertiary alicyclic amines) is 2. The fourth-order valence-corrected chi connectivity index (χ4v) is 4.82. The summed E-state index contributed by atoms with van der Waals surface area (Å²) in [5, 5.41) is 1.09. The summed E-state index contributed by atoms with van der Waals surface area (Å²) < 4.78 is 6.28. The molecule has 3 aromatic rings. The predicted molar refractivity (Wildman–Crippen MR) is 127 cm³/mol. The van der Waals surface area contributed by atoms with Gasteiger partial charge >= 0.3 is 0 Å². The maximum Gasteiger partial charge on any atom is 0.226 e. The van der Waals surface area contributed by atoms with E-state index >= 15 is 0 Å². The van der Waals surface area contributed by atoms with Crippen molar-refractivity contribution >= 4 is 16.8 Å². The van der Waals surface area contributed by atoms with E-state index in [2.05, 4.69) is 46.3 Å². The normalized spacial score (nSPS) is 17.7. The smallest absolute Gasteiger partial charge is 0.226 e. The van der Waals surface area contributed by atoms with E-state index in [0.717, 1.165) is 54.7 Å². The second-order valence-electron chi connectivity index (χ2n) is 9.01. The van der Waals surface area contributed by atoms with Gasteiger partial charge in [0.05, 0.1) is 6.42 Å². The van der Waals surface area contributed by atoms with E-state index in [-0.39, 0.29) is 12.0 Å². The van der Waals surface area contributed by atoms with Gasteiger partial charge in [-0.2, -0.15) is 0 Å². The zero-order valence-corrected chi connectivity index (χ0v) is 18.6. The molecular formula is C27H31N3O2. The Morgan fingerprint density at radius 3 is 2.41 bits per heavy atom. The van der Waals surface area contributed by atoms with Crippen LogP contribution in [-0.2, 0) is 17.8 Å². The van der Waals surface area contributed by atoms with Gasteiger partial charge in [-0.1, -0.05) is 42.5 Å². The molecule has 0 aliphatic carbocycles. The average Bonchev–Trinajstić information content (AvgIpc) is 3.34. The summed E-state index contributed by atoms with van der Waals surface area (Å²) in [6.45, 7) is 4.92. The number of para-hydroxylation sites is 1. The predicted octanol–water partition coefficient (Wildman–Crippen LogP) is 4.44. The van der Waals surface area contributed by atoms with Gasteiger partial charge < -0.3 is 9.64 Å². The molecular weight excluding hydrogens is 398 g/mol. The Bertz CT molecular complexity index is 1050. The highest BCUT2D eigenvalue weighted by Crippen LogP contribution is 2.26. The van der Waals surface area contributed by atoms with Gasteiger partial charge in [0, 0.05) is 44.1 Å². The zero-order valence-electron chi connectivity index (χ0n) is 18.6. The molecule has 1 amide bonds. The van der Waals surface area contributed by atoms with Gasteiger partial charge in [-0.25, -0.2) is 0 Å². The summed E-state index contributed by atoms with van der Waals surface area (Å²) in [6.07, 6.45) is 6.72. The van der Waals surface area contributed by atoms with Crippen molar-refractivity contribution in [1.82, 2.24) is 14.8 Å². The molecule has 5 rings (SSSR count). The molecule has 3 heterocycles. The Morgan fingerprint density at radius 2 is 1.62 bits per heavy atom. The Morgan fingerprint density at radius 1 is 0.906 bits per heavy atom. The Balaban J connectivity index is 1.12. The van der Waals surface area contributed by atoms with Crippen LogP contribution in [0.2, 0.25) is 0 Å². The first kappa shape index (κ1) is 21.0. The number of hydrogen-bond acceptors (Lipinski definition) is 4. The minimum Gasteiger partial charge on any atom is -0.488 e. The number of aromatic nitrogens is 1. The van der Waals surface area contributed by atoms with Crippen LogP contribution < -0.4 is 4.74 Å². The van der Waals surface area contributed by atoms with E-state index in [0.29, 0.717) is 6.42 Å². The fourth-order valence-electron chi connectivity index (χ4n) is 4.82. The molecule has 2 aliphatic rings. The van der Waals surface area contributed by atoms with Crippen molar-refractivity contribution in [2.45, 2.75) is 44.8 Å². The van der Waals surface area contributed by atoms with E-state index in [1.807, 2.05) is 23.1 Å². The summed E-state index contributed by atoms with van der Waals surface area (Å²) >= 11 is 0. The summed E-state index contributed by atoms with van der Waals surface area (Å²) in [6, 6.07) is 18.6. The highest BCUT2D eigenvalue weighted by Gasteiger charge is 2.24. The van der Waals surface area contributed by atoms with Crippen molar-refractivity contribution in [3.63, 3.8) is 0 Å². The lowest BCUT2D eigenvalue weighted by atomic mass is 10.0. The molecule has 0 bridgehead atoms. The second kappa shape index (κ2) is 9.70. The van der Waals surface area contributed by atoms with Crippen molar-refractivity contribution in [2.24, 2.45) is 0 Å². The lowest BCUT2D eigenvalue weighted by Crippen LogP contribution is -2.42. The van der Waals surface area contributed by atoms with Crippen LogP contribution in [0.5, 0.6) is 5.75 Å². The van der Waals surface area contributed by atoms with E-state index in [9.17, 15) is 4.79 Å². The number of nitrogens with zero attached hydrogens (tertiary/aromatic N) is 3. The van der Waals surface area contributed by atoms with Crippen LogP contribution in [0, 0.1) is 0 Å². The van der Waals surface area contributed by atoms with Gasteiger partial charge in [-0.05, 0) is 49.2 Å². The second-order valence-corrected chi connectivity index (χ2v) is 9.01. The number of hydrogen-bond donors (Lipinski definition) is 0. The minimum atomic E-state index is 0.122. The SMILES string of the molecule is O=C(Cc1ccc(CN2CCCC2)cc1)N1CCC(Oc2cccc3cccnc23)CC1. The number of ether oxygens (including phenoxy) is 1. The molecule has 0 unspecified atom stereocenters. The molecule has 0 spiro atoms. The Kier molecular flexibility index (Phi) is 6.35. The van der Waals surface area contributed by atoms with Crippen molar-refractivity contribution in [3.8, 4) is 5.75 Å². The fraction of sp³-hybridized carbons (Fsp3) is 0.407. The maximum absolute atomic E-state index is 12.8. The zero-order chi connectivity index (χ0) is 21.8. The molecule has 2 aromatic carbocycles. The van der Waals surface area contributed by atoms with Crippen LogP contribution in [0.1, 0.15) is 36.8 Å². The molecule has 32 heavy (non-hydrogen) atoms. The molecule has 0 radical (unpaired) electrons. The Hall–Kier alpha value is -2.92. The quantitative estimate of drug-likeness (QED) is 0.581. The van der Waals surface area contributed by atoms with E-state index in [1.165, 1.54) is 31.5 Å². The molecule has 5 nitrogen and oxygen atoms in total. The van der Waals surface area contributed by atoms with Crippen molar-refractivity contribution < 1.29 is 9.53 Å². The molecule has 0 saturated carbocycles. The average molecular weight is 430 g/mol. The van der Waals surface area contributed by atoms with Gasteiger partial charge in [0.25, 0.3) is 0 Å². The van der Waals surface area contributed by atoms with Gasteiger partial charge in [-0.3, -0.25) is 14.7 Å². The van der Waals surface area contributed by atoms with E-state index in [1.54, 1.807) is 6.20 Å². The number of carbonyl (C=O) groups is 1. The lowest BCUT2D eigenvalue weighted by molar-refractivity contribution is -0.132. The minimum absolute atomic E-state index is 0.122. The van der Waals surface area contributed by atoms with E-state index in [4.69, 9.17) is 4.74 Å². The molecule has 2 saturated heterocycles. The lowest BCUT2D eigenvalue weighted by Gasteiger charge is -2.32. The van der Waals surface area contributed by atoms with Crippen molar-refractivity contribution in [1.29, 1.82) is 0 Å². The van der Waals surface area contributed by atoms with Gasteiger partial charge in [0.1, 0.15) is 17.4 Å². The van der Waals surface area contributed by atoms with Crippen LogP contribution >= 0.6 is 0 Å². The number of amides is 1. The molecule has 0 atom stereocenters. The third-order valence-corrected chi connectivity index (χ3v) is 6.67. The topological polar surface area (TPSA) is 45.7 Å². The number of pyridine rings is 1. The van der Waals surface area contributed by atoms with Gasteiger partial charge in [0.15, 0.2) is 0 Å². The molecule has 1 aromatic heterocycles. The van der Waals surface area contributed by atoms with Crippen molar-refractivity contribution in [3.05, 3.63) is 71.9 Å². The van der Waals surface area contributed by atoms with Crippen molar-refractivity contribution in [2.75, 3.05) is 26.2 Å². The third kappa shape index (κ3) is 4.94. The molecule has 2 fully saturated rings. The van der Waals surface area contributed by atoms with Crippen LogP contribution in [0.25, 0.3) is 10.9 Å². The highest BCUT2D eigenvalue weighted by molar-refractivity contribution is 5.84. The van der Waals surface area contributed by atoms with Crippen LogP contribution in [0.4, 0.5) is 0 Å². The van der Waals surface area contributed by atoms with Crippen LogP contribution in [-0.4, -0.2) is 53.0 Å². The number of piperidine rings is 1. The summed E-state index contributed by atoms with van der Waals surface area (Å²) in [7, 11) is 0. The summed E-state index contributed by atoms with van der Waals surface area (Å²) in [5.41, 5.74) is 3.34. The van der Waals surface area contributed by atoms with Crippen LogP contribution in [0.3, 0.4) is 0 Å². The maximum atomic E-state index is 12.8. The summed E-state index contributed by atoms with van der Waals surface area (Å²) in [4.78, 5) is 21.8. The van der Waals surface area contributed by atoms with Gasteiger partial charge in [0.2, 0.25) is 5.91 Å². The monoisotopic (exact) mass is 429 g/mol. The molecule has 0 N–H and O–H groups in total. The van der Waals surface area contributed by atoms with Crippen LogP contribution in [0.15, 0.2) is 60.8 Å². The number of rotatable bonds is 6. The molecule has 2 aliphatic heterocycles. The number of fused-ring (bicyclic) bond motifs is 1. The number of carbonyl (C=O) groups excluding carboxylic acids is 1.